The summed E-state index contributed by atoms with van der Waals surface area (Å²) in [6, 6.07) is 0. The van der Waals surface area contributed by atoms with E-state index in [2.05, 4.69) is 14.7 Å². The lowest BCUT2D eigenvalue weighted by Crippen LogP contribution is -2.11. The number of methoxy groups -OCH3 is 1. The number of rotatable bonds is 1. The first-order valence-corrected chi connectivity index (χ1v) is 3.96. The van der Waals surface area contributed by atoms with Crippen molar-refractivity contribution in [2.24, 2.45) is 0 Å². The van der Waals surface area contributed by atoms with Crippen LogP contribution >= 0.6 is 23.2 Å². The molecule has 1 heterocycles. The lowest BCUT2D eigenvalue weighted by atomic mass is 10.3. The van der Waals surface area contributed by atoms with Gasteiger partial charge >= 0.3 is 6.18 Å². The summed E-state index contributed by atoms with van der Waals surface area (Å²) in [5, 5.41) is -1.05. The van der Waals surface area contributed by atoms with Gasteiger partial charge in [-0.3, -0.25) is 0 Å². The topological polar surface area (TPSA) is 35.0 Å². The molecule has 0 unspecified atom stereocenters. The van der Waals surface area contributed by atoms with Gasteiger partial charge in [-0.05, 0) is 11.6 Å². The van der Waals surface area contributed by atoms with Crippen LogP contribution in [0.1, 0.15) is 5.69 Å². The first kappa shape index (κ1) is 11.3. The second-order valence-electron chi connectivity index (χ2n) is 2.16. The van der Waals surface area contributed by atoms with Gasteiger partial charge in [0.2, 0.25) is 5.28 Å². The van der Waals surface area contributed by atoms with Gasteiger partial charge in [-0.25, -0.2) is 9.97 Å². The molecule has 0 saturated heterocycles. The van der Waals surface area contributed by atoms with Crippen molar-refractivity contribution in [3.05, 3.63) is 16.1 Å². The van der Waals surface area contributed by atoms with Gasteiger partial charge in [0.05, 0.1) is 7.11 Å². The van der Waals surface area contributed by atoms with Gasteiger partial charge in [0, 0.05) is 0 Å². The van der Waals surface area contributed by atoms with Crippen molar-refractivity contribution in [3.63, 3.8) is 0 Å². The highest BCUT2D eigenvalue weighted by Gasteiger charge is 2.38. The zero-order valence-electron chi connectivity index (χ0n) is 6.69. The Morgan fingerprint density at radius 3 is 2.21 bits per heavy atom. The van der Waals surface area contributed by atoms with Gasteiger partial charge in [0.15, 0.2) is 16.6 Å². The van der Waals surface area contributed by atoms with Crippen molar-refractivity contribution >= 4 is 23.2 Å². The lowest BCUT2D eigenvalue weighted by Gasteiger charge is -2.11. The summed E-state index contributed by atoms with van der Waals surface area (Å²) in [6.45, 7) is 0. The molecule has 0 aliphatic rings. The number of hydrogen-bond acceptors (Lipinski definition) is 3. The monoisotopic (exact) mass is 246 g/mol. The van der Waals surface area contributed by atoms with Crippen LogP contribution in [0.2, 0.25) is 10.4 Å². The number of halogens is 5. The Labute approximate surface area is 86.8 Å². The average molecular weight is 247 g/mol. The second-order valence-corrected chi connectivity index (χ2v) is 2.86. The van der Waals surface area contributed by atoms with Gasteiger partial charge < -0.3 is 4.74 Å². The number of hydrogen-bond donors (Lipinski definition) is 0. The van der Waals surface area contributed by atoms with Crippen molar-refractivity contribution in [2.75, 3.05) is 7.11 Å². The van der Waals surface area contributed by atoms with E-state index in [-0.39, 0.29) is 0 Å². The molecule has 0 aliphatic carbocycles. The van der Waals surface area contributed by atoms with Crippen LogP contribution in [0.3, 0.4) is 0 Å². The van der Waals surface area contributed by atoms with Crippen molar-refractivity contribution in [2.45, 2.75) is 6.18 Å². The third-order valence-electron chi connectivity index (χ3n) is 1.27. The summed E-state index contributed by atoms with van der Waals surface area (Å²) in [5.74, 6) is -0.636. The van der Waals surface area contributed by atoms with E-state index in [9.17, 15) is 13.2 Å². The Morgan fingerprint density at radius 2 is 1.79 bits per heavy atom. The number of ether oxygens (including phenoxy) is 1. The number of alkyl halides is 3. The third kappa shape index (κ3) is 2.19. The molecule has 0 atom stereocenters. The molecular formula is C6H3Cl2F3N2O. The highest BCUT2D eigenvalue weighted by molar-refractivity contribution is 6.32. The Kier molecular flexibility index (Phi) is 3.06. The highest BCUT2D eigenvalue weighted by atomic mass is 35.5. The molecule has 0 radical (unpaired) electrons. The molecule has 0 saturated carbocycles. The van der Waals surface area contributed by atoms with Gasteiger partial charge in [0.25, 0.3) is 0 Å². The van der Waals surface area contributed by atoms with E-state index in [1.54, 1.807) is 0 Å². The first-order chi connectivity index (χ1) is 6.36. The molecule has 3 nitrogen and oxygen atoms in total. The van der Waals surface area contributed by atoms with E-state index in [4.69, 9.17) is 23.2 Å². The predicted octanol–water partition coefficient (Wildman–Crippen LogP) is 2.81. The Morgan fingerprint density at radius 1 is 1.21 bits per heavy atom. The molecule has 14 heavy (non-hydrogen) atoms. The second kappa shape index (κ2) is 3.78. The minimum absolute atomic E-state index is 0.472. The molecule has 1 aromatic rings. The van der Waals surface area contributed by atoms with Gasteiger partial charge in [-0.1, -0.05) is 11.6 Å². The molecule has 8 heteroatoms. The largest absolute Gasteiger partial charge is 0.491 e. The molecule has 0 aliphatic heterocycles. The number of aromatic nitrogens is 2. The van der Waals surface area contributed by atoms with Gasteiger partial charge in [-0.2, -0.15) is 13.2 Å². The molecule has 0 spiro atoms. The summed E-state index contributed by atoms with van der Waals surface area (Å²) in [5.41, 5.74) is -1.29. The van der Waals surface area contributed by atoms with E-state index in [0.717, 1.165) is 7.11 Å². The van der Waals surface area contributed by atoms with Crippen molar-refractivity contribution in [1.29, 1.82) is 0 Å². The Balaban J connectivity index is 3.40. The zero-order chi connectivity index (χ0) is 10.9. The summed E-state index contributed by atoms with van der Waals surface area (Å²) < 4.78 is 41.3. The summed E-state index contributed by atoms with van der Waals surface area (Å²) in [4.78, 5) is 6.31. The fourth-order valence-electron chi connectivity index (χ4n) is 0.771. The number of nitrogens with zero attached hydrogens (tertiary/aromatic N) is 2. The molecular weight excluding hydrogens is 244 g/mol. The van der Waals surface area contributed by atoms with Crippen LogP contribution < -0.4 is 4.74 Å². The van der Waals surface area contributed by atoms with Crippen LogP contribution in [-0.2, 0) is 6.18 Å². The fraction of sp³-hybridized carbons (Fsp3) is 0.333. The molecule has 0 amide bonds. The first-order valence-electron chi connectivity index (χ1n) is 3.20. The SMILES string of the molecule is COc1c(Cl)nc(Cl)nc1C(F)(F)F. The van der Waals surface area contributed by atoms with Crippen molar-refractivity contribution in [3.8, 4) is 5.75 Å². The third-order valence-corrected chi connectivity index (χ3v) is 1.69. The van der Waals surface area contributed by atoms with Crippen molar-refractivity contribution < 1.29 is 17.9 Å². The summed E-state index contributed by atoms with van der Waals surface area (Å²) in [6.07, 6.45) is -4.68. The zero-order valence-corrected chi connectivity index (χ0v) is 8.20. The Hall–Kier alpha value is -0.750. The smallest absolute Gasteiger partial charge is 0.437 e. The standard InChI is InChI=1S/C6H3Cl2F3N2O/c1-14-2-3(6(9,10)11)12-5(8)13-4(2)7/h1H3. The Bertz CT molecular complexity index is 356. The van der Waals surface area contributed by atoms with Crippen molar-refractivity contribution in [1.82, 2.24) is 9.97 Å². The average Bonchev–Trinajstić information content (AvgIpc) is 2.01. The summed E-state index contributed by atoms with van der Waals surface area (Å²) in [7, 11) is 1.04. The minimum atomic E-state index is -4.68. The maximum atomic E-state index is 12.3. The van der Waals surface area contributed by atoms with Gasteiger partial charge in [0.1, 0.15) is 0 Å². The predicted molar refractivity (Wildman–Crippen MR) is 43.6 cm³/mol. The van der Waals surface area contributed by atoms with E-state index < -0.39 is 28.1 Å². The summed E-state index contributed by atoms with van der Waals surface area (Å²) >= 11 is 10.6. The fourth-order valence-corrected chi connectivity index (χ4v) is 1.23. The quantitative estimate of drug-likeness (QED) is 0.565. The normalized spacial score (nSPS) is 11.6. The molecule has 0 fully saturated rings. The van der Waals surface area contributed by atoms with Crippen LogP contribution in [-0.4, -0.2) is 17.1 Å². The maximum absolute atomic E-state index is 12.3. The van der Waals surface area contributed by atoms with Crippen LogP contribution in [0, 0.1) is 0 Å². The molecule has 1 rings (SSSR count). The van der Waals surface area contributed by atoms with E-state index in [0.29, 0.717) is 0 Å². The van der Waals surface area contributed by atoms with E-state index in [1.165, 1.54) is 0 Å². The molecule has 1 aromatic heterocycles. The van der Waals surface area contributed by atoms with E-state index >= 15 is 0 Å². The van der Waals surface area contributed by atoms with Crippen LogP contribution in [0.25, 0.3) is 0 Å². The van der Waals surface area contributed by atoms with E-state index in [1.807, 2.05) is 0 Å². The lowest BCUT2D eigenvalue weighted by molar-refractivity contribution is -0.142. The molecule has 0 aromatic carbocycles. The van der Waals surface area contributed by atoms with Crippen LogP contribution in [0.5, 0.6) is 5.75 Å². The molecule has 0 bridgehead atoms. The van der Waals surface area contributed by atoms with Crippen LogP contribution in [0.15, 0.2) is 0 Å². The highest BCUT2D eigenvalue weighted by Crippen LogP contribution is 2.38. The molecule has 78 valence electrons. The molecule has 0 N–H and O–H groups in total. The van der Waals surface area contributed by atoms with Gasteiger partial charge in [-0.15, -0.1) is 0 Å². The maximum Gasteiger partial charge on any atom is 0.437 e. The van der Waals surface area contributed by atoms with Crippen LogP contribution in [0.4, 0.5) is 13.2 Å². The minimum Gasteiger partial charge on any atom is -0.491 e.